The number of amides is 1. The van der Waals surface area contributed by atoms with Gasteiger partial charge in [-0.1, -0.05) is 41.4 Å². The summed E-state index contributed by atoms with van der Waals surface area (Å²) in [5.74, 6) is -0.115. The van der Waals surface area contributed by atoms with E-state index in [4.69, 9.17) is 11.6 Å². The first kappa shape index (κ1) is 14.5. The second-order valence-corrected chi connectivity index (χ2v) is 5.68. The Morgan fingerprint density at radius 2 is 1.64 bits per heavy atom. The van der Waals surface area contributed by atoms with Crippen LogP contribution in [0.2, 0.25) is 5.02 Å². The minimum absolute atomic E-state index is 0.115. The molecular weight excluding hydrogens is 296 g/mol. The molecule has 3 rings (SSSR count). The van der Waals surface area contributed by atoms with Crippen molar-refractivity contribution in [1.29, 1.82) is 0 Å². The Morgan fingerprint density at radius 3 is 2.27 bits per heavy atom. The third-order valence-corrected chi connectivity index (χ3v) is 3.77. The minimum atomic E-state index is -0.115. The molecule has 2 aromatic carbocycles. The van der Waals surface area contributed by atoms with E-state index in [1.807, 2.05) is 56.3 Å². The van der Waals surface area contributed by atoms with E-state index >= 15 is 0 Å². The number of carbonyl (C=O) groups is 1. The summed E-state index contributed by atoms with van der Waals surface area (Å²) in [7, 11) is 0. The summed E-state index contributed by atoms with van der Waals surface area (Å²) >= 11 is 5.88. The number of aryl methyl sites for hydroxylation is 1. The van der Waals surface area contributed by atoms with Crippen molar-refractivity contribution in [3.63, 3.8) is 0 Å². The minimum Gasteiger partial charge on any atom is -0.267 e. The van der Waals surface area contributed by atoms with Crippen LogP contribution in [0.5, 0.6) is 0 Å². The van der Waals surface area contributed by atoms with Gasteiger partial charge in [-0.2, -0.15) is 10.1 Å². The Hall–Kier alpha value is -2.39. The molecule has 0 N–H and O–H groups in total. The average Bonchev–Trinajstić information content (AvgIpc) is 2.78. The Morgan fingerprint density at radius 1 is 1.00 bits per heavy atom. The third-order valence-electron chi connectivity index (χ3n) is 3.52. The number of halogens is 1. The molecule has 22 heavy (non-hydrogen) atoms. The fourth-order valence-corrected chi connectivity index (χ4v) is 2.40. The number of hydrogen-bond donors (Lipinski definition) is 0. The van der Waals surface area contributed by atoms with Gasteiger partial charge in [-0.3, -0.25) is 4.79 Å². The number of hydrogen-bond acceptors (Lipinski definition) is 2. The van der Waals surface area contributed by atoms with Crippen LogP contribution in [0.4, 0.5) is 5.69 Å². The summed E-state index contributed by atoms with van der Waals surface area (Å²) < 4.78 is 0. The molecule has 110 valence electrons. The van der Waals surface area contributed by atoms with E-state index in [2.05, 4.69) is 5.10 Å². The molecule has 1 heterocycles. The highest BCUT2D eigenvalue weighted by Crippen LogP contribution is 2.25. The summed E-state index contributed by atoms with van der Waals surface area (Å²) in [5, 5.41) is 6.48. The zero-order valence-corrected chi connectivity index (χ0v) is 13.1. The molecule has 1 aliphatic heterocycles. The molecule has 0 aromatic heterocycles. The van der Waals surface area contributed by atoms with Crippen LogP contribution in [0, 0.1) is 6.92 Å². The normalized spacial score (nSPS) is 16.3. The van der Waals surface area contributed by atoms with Crippen LogP contribution in [0.1, 0.15) is 18.1 Å². The van der Waals surface area contributed by atoms with Gasteiger partial charge in [-0.05, 0) is 49.8 Å². The van der Waals surface area contributed by atoms with Gasteiger partial charge in [-0.15, -0.1) is 0 Å². The van der Waals surface area contributed by atoms with Crippen LogP contribution < -0.4 is 5.01 Å². The predicted octanol–water partition coefficient (Wildman–Crippen LogP) is 4.45. The topological polar surface area (TPSA) is 32.7 Å². The standard InChI is InChI=1S/C18H15ClN2O/c1-12-3-9-16(10-4-12)21-18(22)17(13(2)20-21)11-14-5-7-15(19)8-6-14/h3-11H,1-2H3/b17-11+. The molecule has 0 bridgehead atoms. The van der Waals surface area contributed by atoms with Crippen molar-refractivity contribution in [1.82, 2.24) is 0 Å². The third kappa shape index (κ3) is 2.81. The summed E-state index contributed by atoms with van der Waals surface area (Å²) in [5.41, 5.74) is 4.15. The van der Waals surface area contributed by atoms with Gasteiger partial charge in [0, 0.05) is 5.02 Å². The van der Waals surface area contributed by atoms with Crippen molar-refractivity contribution in [2.45, 2.75) is 13.8 Å². The fraction of sp³-hybridized carbons (Fsp3) is 0.111. The maximum atomic E-state index is 12.6. The summed E-state index contributed by atoms with van der Waals surface area (Å²) in [6, 6.07) is 15.1. The van der Waals surface area contributed by atoms with Gasteiger partial charge in [0.15, 0.2) is 0 Å². The van der Waals surface area contributed by atoms with E-state index in [9.17, 15) is 4.79 Å². The lowest BCUT2D eigenvalue weighted by atomic mass is 10.1. The van der Waals surface area contributed by atoms with E-state index in [1.165, 1.54) is 5.01 Å². The first-order chi connectivity index (χ1) is 10.5. The first-order valence-electron chi connectivity index (χ1n) is 6.98. The first-order valence-corrected chi connectivity index (χ1v) is 7.36. The van der Waals surface area contributed by atoms with Crippen molar-refractivity contribution in [3.05, 3.63) is 70.3 Å². The quantitative estimate of drug-likeness (QED) is 0.754. The molecule has 0 atom stereocenters. The monoisotopic (exact) mass is 310 g/mol. The Balaban J connectivity index is 1.92. The molecule has 0 unspecified atom stereocenters. The molecule has 0 aliphatic carbocycles. The number of anilines is 1. The molecule has 4 heteroatoms. The van der Waals surface area contributed by atoms with Crippen molar-refractivity contribution >= 4 is 35.0 Å². The van der Waals surface area contributed by atoms with E-state index in [0.717, 1.165) is 16.8 Å². The lowest BCUT2D eigenvalue weighted by Crippen LogP contribution is -2.21. The number of nitrogens with zero attached hydrogens (tertiary/aromatic N) is 2. The van der Waals surface area contributed by atoms with E-state index in [1.54, 1.807) is 12.1 Å². The van der Waals surface area contributed by atoms with Crippen LogP contribution >= 0.6 is 11.6 Å². The highest BCUT2D eigenvalue weighted by molar-refractivity contribution is 6.32. The van der Waals surface area contributed by atoms with E-state index < -0.39 is 0 Å². The molecular formula is C18H15ClN2O. The Bertz CT molecular complexity index is 774. The van der Waals surface area contributed by atoms with Crippen molar-refractivity contribution in [2.24, 2.45) is 5.10 Å². The van der Waals surface area contributed by atoms with Crippen molar-refractivity contribution < 1.29 is 4.79 Å². The second kappa shape index (κ2) is 5.78. The molecule has 0 radical (unpaired) electrons. The van der Waals surface area contributed by atoms with Gasteiger partial charge in [0.2, 0.25) is 0 Å². The second-order valence-electron chi connectivity index (χ2n) is 5.25. The lowest BCUT2D eigenvalue weighted by Gasteiger charge is -2.11. The molecule has 1 amide bonds. The molecule has 0 spiro atoms. The summed E-state index contributed by atoms with van der Waals surface area (Å²) in [4.78, 5) is 12.6. The van der Waals surface area contributed by atoms with Crippen molar-refractivity contribution in [3.8, 4) is 0 Å². The van der Waals surface area contributed by atoms with E-state index in [0.29, 0.717) is 16.3 Å². The molecule has 2 aromatic rings. The number of carbonyl (C=O) groups excluding carboxylic acids is 1. The van der Waals surface area contributed by atoms with Gasteiger partial charge in [0.05, 0.1) is 17.0 Å². The fourth-order valence-electron chi connectivity index (χ4n) is 2.27. The SMILES string of the molecule is CC1=NN(c2ccc(C)cc2)C(=O)/C1=C/c1ccc(Cl)cc1. The largest absolute Gasteiger partial charge is 0.280 e. The van der Waals surface area contributed by atoms with Gasteiger partial charge in [0.25, 0.3) is 5.91 Å². The van der Waals surface area contributed by atoms with Gasteiger partial charge >= 0.3 is 0 Å². The predicted molar refractivity (Wildman–Crippen MR) is 91.2 cm³/mol. The Labute approximate surface area is 134 Å². The molecule has 0 fully saturated rings. The maximum absolute atomic E-state index is 12.6. The highest BCUT2D eigenvalue weighted by atomic mass is 35.5. The smallest absolute Gasteiger partial charge is 0.267 e. The lowest BCUT2D eigenvalue weighted by molar-refractivity contribution is -0.114. The van der Waals surface area contributed by atoms with Crippen LogP contribution in [0.25, 0.3) is 6.08 Å². The highest BCUT2D eigenvalue weighted by Gasteiger charge is 2.28. The van der Waals surface area contributed by atoms with E-state index in [-0.39, 0.29) is 5.91 Å². The molecule has 0 saturated carbocycles. The van der Waals surface area contributed by atoms with Crippen LogP contribution in [-0.2, 0) is 4.79 Å². The van der Waals surface area contributed by atoms with Gasteiger partial charge < -0.3 is 0 Å². The number of benzene rings is 2. The number of hydrazone groups is 1. The van der Waals surface area contributed by atoms with Crippen LogP contribution in [0.15, 0.2) is 59.2 Å². The molecule has 3 nitrogen and oxygen atoms in total. The summed E-state index contributed by atoms with van der Waals surface area (Å²) in [6.07, 6.45) is 1.84. The Kier molecular flexibility index (Phi) is 3.82. The van der Waals surface area contributed by atoms with Crippen LogP contribution in [-0.4, -0.2) is 11.6 Å². The van der Waals surface area contributed by atoms with Gasteiger partial charge in [0.1, 0.15) is 0 Å². The number of rotatable bonds is 2. The zero-order valence-electron chi connectivity index (χ0n) is 12.4. The summed E-state index contributed by atoms with van der Waals surface area (Å²) in [6.45, 7) is 3.85. The van der Waals surface area contributed by atoms with Crippen molar-refractivity contribution in [2.75, 3.05) is 5.01 Å². The molecule has 0 saturated heterocycles. The molecule has 1 aliphatic rings. The average molecular weight is 311 g/mol. The van der Waals surface area contributed by atoms with Crippen LogP contribution in [0.3, 0.4) is 0 Å². The maximum Gasteiger partial charge on any atom is 0.280 e. The zero-order chi connectivity index (χ0) is 15.7. The van der Waals surface area contributed by atoms with Gasteiger partial charge in [-0.25, -0.2) is 0 Å².